The predicted octanol–water partition coefficient (Wildman–Crippen LogP) is 5.13. The van der Waals surface area contributed by atoms with E-state index < -0.39 is 0 Å². The number of aryl methyl sites for hydroxylation is 1. The normalized spacial score (nSPS) is 21.4. The molecule has 2 fully saturated rings. The minimum absolute atomic E-state index is 0.551. The van der Waals surface area contributed by atoms with Gasteiger partial charge in [0.1, 0.15) is 11.6 Å². The highest BCUT2D eigenvalue weighted by molar-refractivity contribution is 7.80. The molecule has 2 saturated heterocycles. The van der Waals surface area contributed by atoms with Crippen LogP contribution in [-0.2, 0) is 6.54 Å². The quantitative estimate of drug-likeness (QED) is 0.592. The first-order valence-electron chi connectivity index (χ1n) is 12.5. The summed E-state index contributed by atoms with van der Waals surface area (Å²) in [5.41, 5.74) is 2.45. The van der Waals surface area contributed by atoms with Gasteiger partial charge in [0.25, 0.3) is 0 Å². The number of piperidine rings is 1. The van der Waals surface area contributed by atoms with E-state index in [9.17, 15) is 0 Å². The number of rotatable bonds is 5. The summed E-state index contributed by atoms with van der Waals surface area (Å²) in [5.74, 6) is 3.93. The molecule has 0 aliphatic carbocycles. The second-order valence-electron chi connectivity index (χ2n) is 9.95. The van der Waals surface area contributed by atoms with Crippen LogP contribution < -0.4 is 20.4 Å². The summed E-state index contributed by atoms with van der Waals surface area (Å²) in [5, 5.41) is 7.12. The lowest BCUT2D eigenvalue weighted by Crippen LogP contribution is -2.39. The van der Waals surface area contributed by atoms with E-state index >= 15 is 0 Å². The molecule has 33 heavy (non-hydrogen) atoms. The van der Waals surface area contributed by atoms with Crippen LogP contribution in [0.4, 0.5) is 17.6 Å². The van der Waals surface area contributed by atoms with Crippen molar-refractivity contribution < 1.29 is 0 Å². The minimum atomic E-state index is 0.551. The highest BCUT2D eigenvalue weighted by atomic mass is 32.1. The maximum Gasteiger partial charge on any atom is 0.232 e. The van der Waals surface area contributed by atoms with Crippen LogP contribution >= 0.6 is 12.2 Å². The maximum absolute atomic E-state index is 5.59. The van der Waals surface area contributed by atoms with Gasteiger partial charge in [0.05, 0.1) is 0 Å². The first-order valence-corrected chi connectivity index (χ1v) is 12.9. The van der Waals surface area contributed by atoms with Gasteiger partial charge in [-0.3, -0.25) is 0 Å². The van der Waals surface area contributed by atoms with E-state index in [4.69, 9.17) is 22.2 Å². The van der Waals surface area contributed by atoms with Crippen LogP contribution in [0.3, 0.4) is 0 Å². The first-order chi connectivity index (χ1) is 16.0. The van der Waals surface area contributed by atoms with E-state index in [1.165, 1.54) is 43.2 Å². The highest BCUT2D eigenvalue weighted by Gasteiger charge is 2.24. The third-order valence-electron chi connectivity index (χ3n) is 6.62. The van der Waals surface area contributed by atoms with Crippen molar-refractivity contribution in [3.63, 3.8) is 0 Å². The van der Waals surface area contributed by atoms with E-state index in [1.807, 2.05) is 0 Å². The molecule has 7 heteroatoms. The topological polar surface area (TPSA) is 56.3 Å². The molecule has 0 spiro atoms. The second kappa shape index (κ2) is 11.1. The third kappa shape index (κ3) is 6.79. The van der Waals surface area contributed by atoms with E-state index in [2.05, 4.69) is 71.5 Å². The van der Waals surface area contributed by atoms with Gasteiger partial charge in [0, 0.05) is 38.8 Å². The van der Waals surface area contributed by atoms with Crippen molar-refractivity contribution in [2.75, 3.05) is 41.3 Å². The minimum Gasteiger partial charge on any atom is -0.358 e. The van der Waals surface area contributed by atoms with Crippen molar-refractivity contribution in [2.24, 2.45) is 11.8 Å². The lowest BCUT2D eigenvalue weighted by molar-refractivity contribution is 0.355. The van der Waals surface area contributed by atoms with E-state index in [0.717, 1.165) is 37.8 Å². The molecule has 0 unspecified atom stereocenters. The Balaban J connectivity index is 1.51. The molecule has 178 valence electrons. The largest absolute Gasteiger partial charge is 0.358 e. The van der Waals surface area contributed by atoms with Crippen LogP contribution in [0.2, 0.25) is 0 Å². The van der Waals surface area contributed by atoms with Gasteiger partial charge in [-0.05, 0) is 55.8 Å². The molecule has 1 aromatic carbocycles. The Morgan fingerprint density at radius 2 is 1.55 bits per heavy atom. The van der Waals surface area contributed by atoms with Crippen molar-refractivity contribution in [1.29, 1.82) is 0 Å². The highest BCUT2D eigenvalue weighted by Crippen LogP contribution is 2.29. The Hall–Kier alpha value is -2.41. The van der Waals surface area contributed by atoms with Crippen molar-refractivity contribution in [3.8, 4) is 0 Å². The Labute approximate surface area is 204 Å². The van der Waals surface area contributed by atoms with Crippen molar-refractivity contribution in [1.82, 2.24) is 15.3 Å². The van der Waals surface area contributed by atoms with Gasteiger partial charge >= 0.3 is 0 Å². The van der Waals surface area contributed by atoms with E-state index in [1.54, 1.807) is 0 Å². The van der Waals surface area contributed by atoms with Crippen LogP contribution in [-0.4, -0.2) is 41.3 Å². The number of aromatic nitrogens is 2. The van der Waals surface area contributed by atoms with Crippen molar-refractivity contribution in [2.45, 2.75) is 59.4 Å². The van der Waals surface area contributed by atoms with E-state index in [0.29, 0.717) is 29.4 Å². The summed E-state index contributed by atoms with van der Waals surface area (Å²) >= 11 is 5.59. The van der Waals surface area contributed by atoms with Gasteiger partial charge in [-0.25, -0.2) is 0 Å². The molecule has 0 amide bonds. The molecular formula is C26H38N6S. The van der Waals surface area contributed by atoms with Crippen LogP contribution in [0.1, 0.15) is 57.1 Å². The maximum atomic E-state index is 5.59. The van der Waals surface area contributed by atoms with Gasteiger partial charge in [-0.1, -0.05) is 56.5 Å². The summed E-state index contributed by atoms with van der Waals surface area (Å²) < 4.78 is 0. The Morgan fingerprint density at radius 1 is 0.939 bits per heavy atom. The SMILES string of the molecule is Cc1ccc(CNC(=S)Nc2nc(N3CCCCCC3)cc(N3C[C@H](C)C[C@@H](C)C3)n2)cc1. The van der Waals surface area contributed by atoms with Gasteiger partial charge in [0.15, 0.2) is 5.11 Å². The fourth-order valence-corrected chi connectivity index (χ4v) is 5.15. The molecule has 0 saturated carbocycles. The average molecular weight is 467 g/mol. The molecule has 2 atom stereocenters. The number of nitrogens with one attached hydrogen (secondary N) is 2. The Bertz CT molecular complexity index is 913. The van der Waals surface area contributed by atoms with Gasteiger partial charge in [0.2, 0.25) is 5.95 Å². The number of nitrogens with zero attached hydrogens (tertiary/aromatic N) is 4. The molecule has 0 bridgehead atoms. The molecule has 2 aliphatic rings. The van der Waals surface area contributed by atoms with Crippen molar-refractivity contribution in [3.05, 3.63) is 41.5 Å². The number of benzene rings is 1. The molecule has 1 aromatic heterocycles. The lowest BCUT2D eigenvalue weighted by atomic mass is 9.92. The molecule has 4 rings (SSSR count). The number of thiocarbonyl (C=S) groups is 1. The summed E-state index contributed by atoms with van der Waals surface area (Å²) in [6.45, 7) is 11.6. The summed E-state index contributed by atoms with van der Waals surface area (Å²) in [6, 6.07) is 10.7. The van der Waals surface area contributed by atoms with Gasteiger partial charge in [-0.2, -0.15) is 9.97 Å². The molecule has 6 nitrogen and oxygen atoms in total. The number of anilines is 3. The van der Waals surface area contributed by atoms with E-state index in [-0.39, 0.29) is 0 Å². The van der Waals surface area contributed by atoms with Crippen molar-refractivity contribution >= 4 is 34.9 Å². The molecule has 2 N–H and O–H groups in total. The van der Waals surface area contributed by atoms with Gasteiger partial charge in [-0.15, -0.1) is 0 Å². The Morgan fingerprint density at radius 3 is 2.18 bits per heavy atom. The lowest BCUT2D eigenvalue weighted by Gasteiger charge is -2.36. The average Bonchev–Trinajstić information content (AvgIpc) is 3.08. The zero-order valence-electron chi connectivity index (χ0n) is 20.3. The van der Waals surface area contributed by atoms with Crippen LogP contribution in [0.5, 0.6) is 0 Å². The van der Waals surface area contributed by atoms with Gasteiger partial charge < -0.3 is 20.4 Å². The number of hydrogen-bond donors (Lipinski definition) is 2. The predicted molar refractivity (Wildman–Crippen MR) is 142 cm³/mol. The fraction of sp³-hybridized carbons (Fsp3) is 0.577. The third-order valence-corrected chi connectivity index (χ3v) is 6.87. The zero-order valence-corrected chi connectivity index (χ0v) is 21.1. The monoisotopic (exact) mass is 466 g/mol. The molecule has 0 radical (unpaired) electrons. The first kappa shape index (κ1) is 23.7. The molecule has 2 aromatic rings. The smallest absolute Gasteiger partial charge is 0.232 e. The van der Waals surface area contributed by atoms with Crippen LogP contribution in [0, 0.1) is 18.8 Å². The molecule has 2 aliphatic heterocycles. The molecular weight excluding hydrogens is 428 g/mol. The summed E-state index contributed by atoms with van der Waals surface area (Å²) in [7, 11) is 0. The zero-order chi connectivity index (χ0) is 23.2. The standard InChI is InChI=1S/C26H38N6S/c1-19-8-10-22(11-9-19)16-27-26(33)30-25-28-23(31-12-6-4-5-7-13-31)15-24(29-25)32-17-20(2)14-21(3)18-32/h8-11,15,20-21H,4-7,12-14,16-18H2,1-3H3,(H2,27,28,29,30,33)/t20-,21-/m1/s1. The summed E-state index contributed by atoms with van der Waals surface area (Å²) in [4.78, 5) is 14.6. The Kier molecular flexibility index (Phi) is 8.02. The van der Waals surface area contributed by atoms with Crippen LogP contribution in [0.15, 0.2) is 30.3 Å². The summed E-state index contributed by atoms with van der Waals surface area (Å²) in [6.07, 6.45) is 6.31. The number of hydrogen-bond acceptors (Lipinski definition) is 5. The van der Waals surface area contributed by atoms with Crippen LogP contribution in [0.25, 0.3) is 0 Å². The second-order valence-corrected chi connectivity index (χ2v) is 10.4. The molecule has 3 heterocycles. The fourth-order valence-electron chi connectivity index (χ4n) is 4.99.